The molecule has 422 valence electrons. The molecule has 0 aromatic carbocycles. The number of hydrogen-bond acceptors (Lipinski definition) is 24. The Balaban J connectivity index is 0.753. The van der Waals surface area contributed by atoms with Crippen LogP contribution in [-0.2, 0) is 66.4 Å². The normalized spacial score (nSPS) is 55.1. The van der Waals surface area contributed by atoms with E-state index in [4.69, 9.17) is 56.8 Å². The Labute approximate surface area is 428 Å². The van der Waals surface area contributed by atoms with Crippen molar-refractivity contribution in [1.82, 2.24) is 0 Å². The quantitative estimate of drug-likeness (QED) is 0.0484. The Hall–Kier alpha value is -1.86. The summed E-state index contributed by atoms with van der Waals surface area (Å²) in [4.78, 5) is 25.1. The average molecular weight is 1060 g/mol. The van der Waals surface area contributed by atoms with Crippen molar-refractivity contribution >= 4 is 11.9 Å². The van der Waals surface area contributed by atoms with Crippen LogP contribution in [0.25, 0.3) is 0 Å². The maximum absolute atomic E-state index is 12.9. The van der Waals surface area contributed by atoms with Gasteiger partial charge in [-0.25, -0.2) is 0 Å². The van der Waals surface area contributed by atoms with Gasteiger partial charge >= 0.3 is 11.9 Å². The van der Waals surface area contributed by atoms with Crippen molar-refractivity contribution < 1.29 is 117 Å². The molecule has 0 amide bonds. The van der Waals surface area contributed by atoms with E-state index in [-0.39, 0.29) is 52.2 Å². The third-order valence-corrected chi connectivity index (χ3v) is 19.6. The molecule has 4 aliphatic carbocycles. The third-order valence-electron chi connectivity index (χ3n) is 19.6. The van der Waals surface area contributed by atoms with Crippen LogP contribution in [0.4, 0.5) is 0 Å². The Morgan fingerprint density at radius 3 is 1.85 bits per heavy atom. The van der Waals surface area contributed by atoms with Crippen molar-refractivity contribution in [2.75, 3.05) is 33.5 Å². The molecule has 29 atom stereocenters. The highest BCUT2D eigenvalue weighted by atomic mass is 16.8. The standard InChI is InChI=1S/C50H78O24/c1-20-42(73-46-41(62)38(59)35(56)29(72-46)19-66-45-40(61)37(58)34(55)28(71-45)18-65-44-39(60)36(57)33(54)27(16-51)70-44)26(63-5)15-32(67-20)69-25-8-10-47(3)24(43(25)68-21(2)52)6-12-49-30(47)9-11-48(4)23(7-13-50(48,49)74-49)22-14-31(53)64-17-22/h20,22-30,32-46,51,54-62H,6-19H2,1-5H3/t20-,22?,23-,24+,25+,26-,27-,28-,29-,30-,32-,33-,34-,35-,36+,37+,38+,39-,40-,41-,42-,43-,44-,45-,46+,47+,48-,49+,50-/m1/s1. The second-order valence-electron chi connectivity index (χ2n) is 23.3. The van der Waals surface area contributed by atoms with Crippen LogP contribution in [0.5, 0.6) is 0 Å². The summed E-state index contributed by atoms with van der Waals surface area (Å²) in [6, 6.07) is 0. The van der Waals surface area contributed by atoms with Crippen LogP contribution in [0.15, 0.2) is 0 Å². The summed E-state index contributed by atoms with van der Waals surface area (Å²) < 4.78 is 72.4. The molecule has 0 bridgehead atoms. The van der Waals surface area contributed by atoms with Gasteiger partial charge in [-0.05, 0) is 75.5 Å². The lowest BCUT2D eigenvalue weighted by Gasteiger charge is -2.60. The first-order valence-electron chi connectivity index (χ1n) is 26.6. The van der Waals surface area contributed by atoms with Gasteiger partial charge in [0.25, 0.3) is 0 Å². The molecule has 0 aromatic heterocycles. The zero-order valence-corrected chi connectivity index (χ0v) is 42.5. The number of carbonyl (C=O) groups excluding carboxylic acids is 2. The van der Waals surface area contributed by atoms with E-state index >= 15 is 0 Å². The predicted octanol–water partition coefficient (Wildman–Crippen LogP) is -2.61. The summed E-state index contributed by atoms with van der Waals surface area (Å²) in [6.07, 6.45) is -21.6. The fourth-order valence-corrected chi connectivity index (χ4v) is 15.7. The highest BCUT2D eigenvalue weighted by Gasteiger charge is 2.87. The Kier molecular flexibility index (Phi) is 15.7. The number of aliphatic hydroxyl groups excluding tert-OH is 10. The molecule has 10 N–H and O–H groups in total. The Morgan fingerprint density at radius 2 is 1.26 bits per heavy atom. The molecule has 2 spiro atoms. The van der Waals surface area contributed by atoms with E-state index < -0.39 is 155 Å². The number of aliphatic hydroxyl groups is 10. The van der Waals surface area contributed by atoms with E-state index in [2.05, 4.69) is 13.8 Å². The summed E-state index contributed by atoms with van der Waals surface area (Å²) >= 11 is 0. The van der Waals surface area contributed by atoms with Gasteiger partial charge in [0.2, 0.25) is 0 Å². The molecule has 10 aliphatic rings. The molecule has 24 nitrogen and oxygen atoms in total. The minimum absolute atomic E-state index is 0.00602. The summed E-state index contributed by atoms with van der Waals surface area (Å²) in [7, 11) is 1.48. The Bertz CT molecular complexity index is 2000. The van der Waals surface area contributed by atoms with E-state index in [9.17, 15) is 60.7 Å². The van der Waals surface area contributed by atoms with Gasteiger partial charge in [-0.3, -0.25) is 9.59 Å². The highest BCUT2D eigenvalue weighted by Crippen LogP contribution is 2.82. The first kappa shape index (κ1) is 55.5. The lowest BCUT2D eigenvalue weighted by molar-refractivity contribution is -0.358. The average Bonchev–Trinajstić information content (AvgIpc) is 3.90. The fourth-order valence-electron chi connectivity index (χ4n) is 15.7. The van der Waals surface area contributed by atoms with Crippen molar-refractivity contribution in [3.63, 3.8) is 0 Å². The number of ether oxygens (including phenoxy) is 12. The van der Waals surface area contributed by atoms with Crippen LogP contribution >= 0.6 is 0 Å². The maximum Gasteiger partial charge on any atom is 0.306 e. The minimum Gasteiger partial charge on any atom is -0.465 e. The smallest absolute Gasteiger partial charge is 0.306 e. The number of hydrogen-bond donors (Lipinski definition) is 10. The molecule has 1 unspecified atom stereocenters. The van der Waals surface area contributed by atoms with Gasteiger partial charge < -0.3 is 108 Å². The first-order valence-corrected chi connectivity index (χ1v) is 26.6. The molecule has 10 fully saturated rings. The molecule has 6 heterocycles. The molecule has 6 saturated heterocycles. The number of fused-ring (bicyclic) bond motifs is 2. The monoisotopic (exact) mass is 1060 g/mol. The molecule has 4 saturated carbocycles. The van der Waals surface area contributed by atoms with Gasteiger partial charge in [0.1, 0.15) is 96.7 Å². The van der Waals surface area contributed by atoms with Crippen molar-refractivity contribution in [2.24, 2.45) is 34.5 Å². The van der Waals surface area contributed by atoms with Gasteiger partial charge in [0.15, 0.2) is 25.2 Å². The van der Waals surface area contributed by atoms with Crippen LogP contribution in [0.2, 0.25) is 0 Å². The predicted molar refractivity (Wildman–Crippen MR) is 243 cm³/mol. The molecular formula is C50H78O24. The summed E-state index contributed by atoms with van der Waals surface area (Å²) in [5.41, 5.74) is -0.745. The number of rotatable bonds is 14. The zero-order chi connectivity index (χ0) is 53.0. The van der Waals surface area contributed by atoms with Crippen LogP contribution < -0.4 is 0 Å². The fraction of sp³-hybridized carbons (Fsp3) is 0.960. The summed E-state index contributed by atoms with van der Waals surface area (Å²) in [5.74, 6) is 0.319. The van der Waals surface area contributed by atoms with Crippen LogP contribution in [0.1, 0.15) is 91.9 Å². The minimum atomic E-state index is -1.86. The number of methoxy groups -OCH3 is 1. The van der Waals surface area contributed by atoms with Crippen LogP contribution in [-0.4, -0.2) is 237 Å². The maximum atomic E-state index is 12.9. The molecule has 24 heteroatoms. The van der Waals surface area contributed by atoms with E-state index in [0.29, 0.717) is 25.4 Å². The second kappa shape index (κ2) is 21.0. The van der Waals surface area contributed by atoms with Crippen LogP contribution in [0.3, 0.4) is 0 Å². The van der Waals surface area contributed by atoms with Gasteiger partial charge in [-0.2, -0.15) is 0 Å². The number of esters is 2. The number of epoxide rings is 1. The largest absolute Gasteiger partial charge is 0.465 e. The van der Waals surface area contributed by atoms with Gasteiger partial charge in [-0.1, -0.05) is 13.8 Å². The van der Waals surface area contributed by atoms with Gasteiger partial charge in [-0.15, -0.1) is 0 Å². The zero-order valence-electron chi connectivity index (χ0n) is 42.5. The van der Waals surface area contributed by atoms with Crippen LogP contribution in [0, 0.1) is 34.5 Å². The second-order valence-corrected chi connectivity index (χ2v) is 23.3. The molecule has 6 aliphatic heterocycles. The first-order chi connectivity index (χ1) is 35.1. The van der Waals surface area contributed by atoms with E-state index in [1.54, 1.807) is 6.92 Å². The molecular weight excluding hydrogens is 985 g/mol. The van der Waals surface area contributed by atoms with Crippen molar-refractivity contribution in [3.8, 4) is 0 Å². The SMILES string of the molecule is CO[C@@H]1C[C@@H](O[C@H]2CC[C@]3(C)[C@H]4CC[C@]5(C)[C@@H](C6COC(=O)C6)CC[C@@]56O[C@@]46CC[C@H]3[C@H]2OC(C)=O)O[C@H](C)[C@H]1O[C@@H]1O[C@H](CO[C@@H]2O[C@H](CO[C@@H]3O[C@H](CO)[C@@H](O)[C@H](O)[C@H]3O)[C@@H](O)[C@H](O)[C@H]2O)[C@@H](O)[C@H](O)[C@H]1O. The summed E-state index contributed by atoms with van der Waals surface area (Å²) in [5, 5.41) is 105. The number of cyclic esters (lactones) is 1. The summed E-state index contributed by atoms with van der Waals surface area (Å²) in [6.45, 7) is 6.41. The van der Waals surface area contributed by atoms with Crippen molar-refractivity contribution in [3.05, 3.63) is 0 Å². The van der Waals surface area contributed by atoms with E-state index in [0.717, 1.165) is 44.9 Å². The highest BCUT2D eigenvalue weighted by molar-refractivity contribution is 5.71. The molecule has 74 heavy (non-hydrogen) atoms. The van der Waals surface area contributed by atoms with E-state index in [1.165, 1.54) is 14.0 Å². The van der Waals surface area contributed by atoms with Gasteiger partial charge in [0.05, 0.1) is 51.2 Å². The lowest BCUT2D eigenvalue weighted by atomic mass is 9.44. The van der Waals surface area contributed by atoms with Crippen molar-refractivity contribution in [1.29, 1.82) is 0 Å². The van der Waals surface area contributed by atoms with Crippen molar-refractivity contribution in [2.45, 2.75) is 232 Å². The molecule has 10 rings (SSSR count). The lowest BCUT2D eigenvalue weighted by Crippen LogP contribution is -2.64. The topological polar surface area (TPSA) is 350 Å². The molecule has 0 aromatic rings. The number of carbonyl (C=O) groups is 2. The van der Waals surface area contributed by atoms with Gasteiger partial charge in [0, 0.05) is 37.7 Å². The molecule has 0 radical (unpaired) electrons. The van der Waals surface area contributed by atoms with E-state index in [1.807, 2.05) is 0 Å². The third kappa shape index (κ3) is 9.18. The Morgan fingerprint density at radius 1 is 0.662 bits per heavy atom.